The summed E-state index contributed by atoms with van der Waals surface area (Å²) in [6.45, 7) is 13.1. The maximum absolute atomic E-state index is 14.7. The molecule has 0 spiro atoms. The molecular weight excluding hydrogens is 867 g/mol. The van der Waals surface area contributed by atoms with Gasteiger partial charge in [-0.15, -0.1) is 0 Å². The number of benzene rings is 1. The second-order valence-electron chi connectivity index (χ2n) is 19.5. The number of nitrogens with zero attached hydrogens (tertiary/aromatic N) is 7. The van der Waals surface area contributed by atoms with Gasteiger partial charge in [0.25, 0.3) is 11.8 Å². The first-order chi connectivity index (χ1) is 32.2. The summed E-state index contributed by atoms with van der Waals surface area (Å²) in [5, 5.41) is 0. The molecule has 1 fully saturated rings. The number of aliphatic imine (C=N–C) groups is 1. The Morgan fingerprint density at radius 2 is 1.47 bits per heavy atom. The average molecular weight is 950 g/mol. The van der Waals surface area contributed by atoms with E-state index in [1.54, 1.807) is 38.1 Å². The number of ketones is 2. The summed E-state index contributed by atoms with van der Waals surface area (Å²) < 4.78 is 12.1. The van der Waals surface area contributed by atoms with Crippen LogP contribution in [-0.2, 0) is 49.5 Å². The fraction of sp³-hybridized carbons (Fsp3) is 0.692. The number of imide groups is 1. The molecular formula is C52H83N7O9. The van der Waals surface area contributed by atoms with Crippen molar-refractivity contribution in [1.82, 2.24) is 29.4 Å². The van der Waals surface area contributed by atoms with Crippen LogP contribution in [0.5, 0.6) is 0 Å². The quantitative estimate of drug-likeness (QED) is 0.0473. The van der Waals surface area contributed by atoms with Crippen molar-refractivity contribution < 1.29 is 43.0 Å². The maximum Gasteiger partial charge on any atom is 0.253 e. The molecule has 1 saturated heterocycles. The van der Waals surface area contributed by atoms with Gasteiger partial charge in [0.1, 0.15) is 17.6 Å². The normalized spacial score (nSPS) is 18.3. The van der Waals surface area contributed by atoms with Crippen molar-refractivity contribution in [2.24, 2.45) is 28.7 Å². The van der Waals surface area contributed by atoms with Gasteiger partial charge in [-0.1, -0.05) is 77.8 Å². The van der Waals surface area contributed by atoms with E-state index in [0.29, 0.717) is 70.7 Å². The lowest BCUT2D eigenvalue weighted by Crippen LogP contribution is -2.55. The van der Waals surface area contributed by atoms with Gasteiger partial charge in [0.15, 0.2) is 5.96 Å². The first-order valence-electron chi connectivity index (χ1n) is 24.6. The van der Waals surface area contributed by atoms with Crippen LogP contribution in [0.4, 0.5) is 0 Å². The van der Waals surface area contributed by atoms with E-state index < -0.39 is 36.1 Å². The summed E-state index contributed by atoms with van der Waals surface area (Å²) in [6.07, 6.45) is 6.43. The molecule has 0 aliphatic carbocycles. The van der Waals surface area contributed by atoms with Gasteiger partial charge in [0, 0.05) is 112 Å². The van der Waals surface area contributed by atoms with E-state index in [4.69, 9.17) is 14.5 Å². The van der Waals surface area contributed by atoms with E-state index in [0.717, 1.165) is 18.4 Å². The Hall–Kier alpha value is -4.96. The summed E-state index contributed by atoms with van der Waals surface area (Å²) in [5.41, 5.74) is 0.998. The summed E-state index contributed by atoms with van der Waals surface area (Å²) in [4.78, 5) is 108. The number of carbonyl (C=O) groups is 7. The third kappa shape index (κ3) is 16.1. The van der Waals surface area contributed by atoms with E-state index in [2.05, 4.69) is 13.8 Å². The van der Waals surface area contributed by atoms with Crippen molar-refractivity contribution in [2.75, 3.05) is 75.6 Å². The highest BCUT2D eigenvalue weighted by Crippen LogP contribution is 2.31. The van der Waals surface area contributed by atoms with Crippen LogP contribution in [0, 0.1) is 23.7 Å². The van der Waals surface area contributed by atoms with Gasteiger partial charge in [-0.25, -0.2) is 4.99 Å². The van der Waals surface area contributed by atoms with Crippen LogP contribution < -0.4 is 0 Å². The van der Waals surface area contributed by atoms with E-state index in [1.165, 1.54) is 24.0 Å². The molecule has 1 aromatic carbocycles. The van der Waals surface area contributed by atoms with Gasteiger partial charge in [-0.2, -0.15) is 0 Å². The first kappa shape index (κ1) is 57.4. The zero-order valence-electron chi connectivity index (χ0n) is 43.4. The summed E-state index contributed by atoms with van der Waals surface area (Å²) in [6, 6.07) is 8.12. The second kappa shape index (κ2) is 27.9. The Morgan fingerprint density at radius 1 is 0.838 bits per heavy atom. The molecule has 0 bridgehead atoms. The Labute approximate surface area is 406 Å². The van der Waals surface area contributed by atoms with E-state index >= 15 is 0 Å². The predicted octanol–water partition coefficient (Wildman–Crippen LogP) is 5.13. The number of carbonyl (C=O) groups excluding carboxylic acids is 7. The van der Waals surface area contributed by atoms with Crippen molar-refractivity contribution in [2.45, 2.75) is 136 Å². The third-order valence-electron chi connectivity index (χ3n) is 14.0. The highest BCUT2D eigenvalue weighted by atomic mass is 16.5. The molecule has 16 nitrogen and oxygen atoms in total. The SMILES string of the molecule is CC[C@H](C)[C@@H]([C@@H](CC(=O)N1CCC[C@H]1[C@H](OC)[C@@H](C)C(=O)C[C@@H](Cc1ccccc1)C(C)=O)OC)N(C)C(=O)[C@@H](N=C(N(C)C)N(C)CCN(C)C(=O)CCCCCN1C(=O)C=CC1=O)C(C)C. The largest absolute Gasteiger partial charge is 0.379 e. The van der Waals surface area contributed by atoms with Crippen molar-refractivity contribution in [1.29, 1.82) is 0 Å². The molecule has 2 aliphatic rings. The number of likely N-dealkylation sites (N-methyl/N-ethyl adjacent to an activating group) is 3. The lowest BCUT2D eigenvalue weighted by Gasteiger charge is -2.40. The number of Topliss-reactive ketones (excluding diaryl/α,β-unsaturated/α-hetero) is 2. The molecule has 5 amide bonds. The average Bonchev–Trinajstić information content (AvgIpc) is 3.92. The van der Waals surface area contributed by atoms with Crippen LogP contribution in [-0.4, -0.2) is 182 Å². The monoisotopic (exact) mass is 950 g/mol. The number of hydrogen-bond donors (Lipinski definition) is 0. The molecule has 0 aromatic heterocycles. The number of methoxy groups -OCH3 is 2. The van der Waals surface area contributed by atoms with Crippen molar-refractivity contribution in [3.8, 4) is 0 Å². The number of likely N-dealkylation sites (tertiary alicyclic amines) is 1. The molecule has 2 heterocycles. The molecule has 0 saturated carbocycles. The van der Waals surface area contributed by atoms with E-state index in [1.807, 2.05) is 86.9 Å². The molecule has 8 atom stereocenters. The van der Waals surface area contributed by atoms with Gasteiger partial charge in [0.2, 0.25) is 17.7 Å². The van der Waals surface area contributed by atoms with Crippen LogP contribution in [0.25, 0.3) is 0 Å². The van der Waals surface area contributed by atoms with Crippen LogP contribution in [0.15, 0.2) is 47.5 Å². The topological polar surface area (TPSA) is 170 Å². The van der Waals surface area contributed by atoms with Gasteiger partial charge in [0.05, 0.1) is 30.7 Å². The Morgan fingerprint density at radius 3 is 2.03 bits per heavy atom. The van der Waals surface area contributed by atoms with Crippen LogP contribution in [0.2, 0.25) is 0 Å². The zero-order chi connectivity index (χ0) is 50.8. The molecule has 0 unspecified atom stereocenters. The van der Waals surface area contributed by atoms with Crippen molar-refractivity contribution >= 4 is 47.1 Å². The molecule has 0 radical (unpaired) electrons. The minimum absolute atomic E-state index is 0.00622. The standard InChI is InChI=1S/C52H83N7O9/c1-14-36(4)49(43(67-12)34-47(65)58-29-21-24-41(58)50(68-13)37(5)42(61)33-40(38(6)60)32-39-22-17-15-18-23-39)57(11)51(66)48(35(2)3)53-52(54(7)8)56(10)31-30-55(9)44(62)25-19-16-20-28-59-45(63)26-27-46(59)64/h15,17-18,22-23,26-27,35-37,40-41,43,48-50H,14,16,19-21,24-25,28-34H2,1-13H3/t36-,37-,40+,41-,43+,48-,49-,50+/m0/s1. The molecule has 16 heteroatoms. The number of rotatable bonds is 28. The van der Waals surface area contributed by atoms with Crippen LogP contribution in [0.1, 0.15) is 105 Å². The van der Waals surface area contributed by atoms with E-state index in [9.17, 15) is 33.6 Å². The lowest BCUT2D eigenvalue weighted by atomic mass is 9.84. The number of unbranched alkanes of at least 4 members (excludes halogenated alkanes) is 2. The Kier molecular flexibility index (Phi) is 23.5. The number of hydrogen-bond acceptors (Lipinski definition) is 10. The highest BCUT2D eigenvalue weighted by molar-refractivity contribution is 6.12. The lowest BCUT2D eigenvalue weighted by molar-refractivity contribution is -0.146. The number of guanidine groups is 1. The smallest absolute Gasteiger partial charge is 0.253 e. The van der Waals surface area contributed by atoms with Crippen molar-refractivity contribution in [3.05, 3.63) is 48.0 Å². The van der Waals surface area contributed by atoms with Gasteiger partial charge >= 0.3 is 0 Å². The highest BCUT2D eigenvalue weighted by Gasteiger charge is 2.43. The predicted molar refractivity (Wildman–Crippen MR) is 264 cm³/mol. The Bertz CT molecular complexity index is 1890. The summed E-state index contributed by atoms with van der Waals surface area (Å²) >= 11 is 0. The second-order valence-corrected chi connectivity index (χ2v) is 19.5. The molecule has 0 N–H and O–H groups in total. The fourth-order valence-electron chi connectivity index (χ4n) is 9.50. The molecule has 380 valence electrons. The van der Waals surface area contributed by atoms with Gasteiger partial charge < -0.3 is 34.0 Å². The number of amides is 5. The fourth-order valence-corrected chi connectivity index (χ4v) is 9.50. The summed E-state index contributed by atoms with van der Waals surface area (Å²) in [7, 11) is 12.3. The molecule has 2 aliphatic heterocycles. The number of ether oxygens (including phenoxy) is 2. The third-order valence-corrected chi connectivity index (χ3v) is 14.0. The van der Waals surface area contributed by atoms with Crippen LogP contribution >= 0.6 is 0 Å². The maximum atomic E-state index is 14.7. The Balaban J connectivity index is 1.70. The molecule has 68 heavy (non-hydrogen) atoms. The molecule has 3 rings (SSSR count). The zero-order valence-corrected chi connectivity index (χ0v) is 43.4. The van der Waals surface area contributed by atoms with Crippen LogP contribution in [0.3, 0.4) is 0 Å². The molecule has 1 aromatic rings. The first-order valence-corrected chi connectivity index (χ1v) is 24.6. The minimum Gasteiger partial charge on any atom is -0.379 e. The minimum atomic E-state index is -0.763. The van der Waals surface area contributed by atoms with Gasteiger partial charge in [-0.05, 0) is 56.4 Å². The van der Waals surface area contributed by atoms with Gasteiger partial charge in [-0.3, -0.25) is 38.5 Å². The van der Waals surface area contributed by atoms with Crippen molar-refractivity contribution in [3.63, 3.8) is 0 Å². The van der Waals surface area contributed by atoms with E-state index in [-0.39, 0.29) is 71.8 Å². The summed E-state index contributed by atoms with van der Waals surface area (Å²) in [5.74, 6) is -1.68.